The average molecular weight is 314 g/mol. The van der Waals surface area contributed by atoms with Crippen LogP contribution in [0.3, 0.4) is 0 Å². The van der Waals surface area contributed by atoms with E-state index in [0.29, 0.717) is 48.8 Å². The van der Waals surface area contributed by atoms with Crippen molar-refractivity contribution in [2.24, 2.45) is 11.5 Å². The average Bonchev–Trinajstić information content (AvgIpc) is 2.58. The maximum atomic E-state index is 12.2. The number of hydrogen-bond acceptors (Lipinski definition) is 6. The third kappa shape index (κ3) is 3.13. The van der Waals surface area contributed by atoms with Crippen LogP contribution >= 0.6 is 0 Å². The van der Waals surface area contributed by atoms with Crippen molar-refractivity contribution >= 4 is 21.7 Å². The summed E-state index contributed by atoms with van der Waals surface area (Å²) in [6.07, 6.45) is 0. The Kier molecular flexibility index (Phi) is 4.45. The van der Waals surface area contributed by atoms with Crippen LogP contribution in [0.5, 0.6) is 11.5 Å². The van der Waals surface area contributed by atoms with E-state index in [1.54, 1.807) is 12.1 Å². The molecule has 0 aliphatic carbocycles. The van der Waals surface area contributed by atoms with E-state index in [1.165, 1.54) is 0 Å². The van der Waals surface area contributed by atoms with Gasteiger partial charge in [0, 0.05) is 29.9 Å². The first kappa shape index (κ1) is 15.3. The van der Waals surface area contributed by atoms with Gasteiger partial charge in [0.1, 0.15) is 30.3 Å². The second-order valence-corrected chi connectivity index (χ2v) is 5.03. The molecule has 0 unspecified atom stereocenters. The highest BCUT2D eigenvalue weighted by molar-refractivity contribution is 6.04. The molecule has 1 aromatic heterocycles. The van der Waals surface area contributed by atoms with Gasteiger partial charge >= 0.3 is 5.63 Å². The summed E-state index contributed by atoms with van der Waals surface area (Å²) in [6.45, 7) is 1.64. The summed E-state index contributed by atoms with van der Waals surface area (Å²) in [6, 6.07) is 10.7. The standard InChI is InChI=1S/C17H18N2O4/c18-5-7-21-11-1-3-13-14-4-2-12(22-8-6-19)10-16(14)23-17(20)15(13)9-11/h1-4,9-10H,5-8,18-19H2. The van der Waals surface area contributed by atoms with Crippen LogP contribution in [0.2, 0.25) is 0 Å². The maximum Gasteiger partial charge on any atom is 0.344 e. The Bertz CT molecular complexity index is 889. The predicted molar refractivity (Wildman–Crippen MR) is 89.1 cm³/mol. The predicted octanol–water partition coefficient (Wildman–Crippen LogP) is 1.62. The summed E-state index contributed by atoms with van der Waals surface area (Å²) in [5.41, 5.74) is 10.9. The highest BCUT2D eigenvalue weighted by Gasteiger charge is 2.10. The first-order valence-electron chi connectivity index (χ1n) is 7.39. The number of rotatable bonds is 6. The normalized spacial score (nSPS) is 11.0. The Morgan fingerprint density at radius 2 is 1.43 bits per heavy atom. The minimum atomic E-state index is -0.415. The largest absolute Gasteiger partial charge is 0.492 e. The van der Waals surface area contributed by atoms with Gasteiger partial charge in [0.05, 0.1) is 5.39 Å². The number of ether oxygens (including phenoxy) is 2. The number of benzene rings is 2. The number of nitrogens with two attached hydrogens (primary N) is 2. The minimum Gasteiger partial charge on any atom is -0.492 e. The Balaban J connectivity index is 2.10. The zero-order valence-corrected chi connectivity index (χ0v) is 12.6. The summed E-state index contributed by atoms with van der Waals surface area (Å²) >= 11 is 0. The van der Waals surface area contributed by atoms with E-state index in [4.69, 9.17) is 25.4 Å². The van der Waals surface area contributed by atoms with E-state index >= 15 is 0 Å². The fourth-order valence-corrected chi connectivity index (χ4v) is 2.42. The zero-order chi connectivity index (χ0) is 16.2. The molecule has 3 aromatic rings. The molecule has 4 N–H and O–H groups in total. The van der Waals surface area contributed by atoms with E-state index < -0.39 is 5.63 Å². The van der Waals surface area contributed by atoms with Crippen molar-refractivity contribution in [3.63, 3.8) is 0 Å². The molecule has 3 rings (SSSR count). The highest BCUT2D eigenvalue weighted by Crippen LogP contribution is 2.28. The van der Waals surface area contributed by atoms with E-state index in [-0.39, 0.29) is 0 Å². The molecule has 0 atom stereocenters. The van der Waals surface area contributed by atoms with Gasteiger partial charge in [-0.1, -0.05) is 0 Å². The van der Waals surface area contributed by atoms with Crippen molar-refractivity contribution in [3.8, 4) is 11.5 Å². The molecule has 6 nitrogen and oxygen atoms in total. The van der Waals surface area contributed by atoms with E-state index in [9.17, 15) is 4.79 Å². The topological polar surface area (TPSA) is 101 Å². The summed E-state index contributed by atoms with van der Waals surface area (Å²) < 4.78 is 16.3. The van der Waals surface area contributed by atoms with Crippen LogP contribution in [0.4, 0.5) is 0 Å². The molecule has 0 spiro atoms. The molecule has 0 saturated heterocycles. The monoisotopic (exact) mass is 314 g/mol. The molecule has 120 valence electrons. The molecule has 6 heteroatoms. The lowest BCUT2D eigenvalue weighted by Crippen LogP contribution is -2.11. The van der Waals surface area contributed by atoms with Crippen molar-refractivity contribution in [2.45, 2.75) is 0 Å². The summed E-state index contributed by atoms with van der Waals surface area (Å²) in [7, 11) is 0. The lowest BCUT2D eigenvalue weighted by atomic mass is 10.1. The first-order valence-corrected chi connectivity index (χ1v) is 7.39. The smallest absolute Gasteiger partial charge is 0.344 e. The van der Waals surface area contributed by atoms with Gasteiger partial charge in [-0.3, -0.25) is 0 Å². The van der Waals surface area contributed by atoms with Crippen molar-refractivity contribution in [1.82, 2.24) is 0 Å². The van der Waals surface area contributed by atoms with E-state index in [2.05, 4.69) is 0 Å². The van der Waals surface area contributed by atoms with Crippen LogP contribution < -0.4 is 26.6 Å². The Hall–Kier alpha value is -2.57. The van der Waals surface area contributed by atoms with Gasteiger partial charge in [0.25, 0.3) is 0 Å². The van der Waals surface area contributed by atoms with Crippen LogP contribution in [0.15, 0.2) is 45.6 Å². The quantitative estimate of drug-likeness (QED) is 0.529. The fourth-order valence-electron chi connectivity index (χ4n) is 2.42. The highest BCUT2D eigenvalue weighted by atomic mass is 16.5. The molecule has 1 heterocycles. The van der Waals surface area contributed by atoms with Gasteiger partial charge in [-0.2, -0.15) is 0 Å². The Morgan fingerprint density at radius 3 is 2.09 bits per heavy atom. The molecule has 0 bridgehead atoms. The molecule has 2 aromatic carbocycles. The third-order valence-electron chi connectivity index (χ3n) is 3.43. The molecule has 0 aliphatic rings. The SMILES string of the molecule is NCCOc1ccc2c(c1)oc(=O)c1cc(OCCN)ccc12. The number of fused-ring (bicyclic) bond motifs is 3. The minimum absolute atomic E-state index is 0.395. The van der Waals surface area contributed by atoms with E-state index in [1.807, 2.05) is 24.3 Å². The first-order chi connectivity index (χ1) is 11.2. The number of hydrogen-bond donors (Lipinski definition) is 2. The molecule has 0 saturated carbocycles. The van der Waals surface area contributed by atoms with Gasteiger partial charge in [0.15, 0.2) is 0 Å². The van der Waals surface area contributed by atoms with Crippen molar-refractivity contribution in [2.75, 3.05) is 26.3 Å². The van der Waals surface area contributed by atoms with Crippen LogP contribution in [0.1, 0.15) is 0 Å². The molecule has 0 fully saturated rings. The molecule has 0 aliphatic heterocycles. The lowest BCUT2D eigenvalue weighted by Gasteiger charge is -2.08. The second kappa shape index (κ2) is 6.68. The third-order valence-corrected chi connectivity index (χ3v) is 3.43. The zero-order valence-electron chi connectivity index (χ0n) is 12.6. The maximum absolute atomic E-state index is 12.2. The summed E-state index contributed by atoms with van der Waals surface area (Å²) in [5.74, 6) is 1.21. The van der Waals surface area contributed by atoms with Crippen LogP contribution in [0.25, 0.3) is 21.7 Å². The molecule has 0 radical (unpaired) electrons. The van der Waals surface area contributed by atoms with Gasteiger partial charge < -0.3 is 25.4 Å². The van der Waals surface area contributed by atoms with Crippen LogP contribution in [0, 0.1) is 0 Å². The van der Waals surface area contributed by atoms with Gasteiger partial charge in [0.2, 0.25) is 0 Å². The van der Waals surface area contributed by atoms with Gasteiger partial charge in [-0.25, -0.2) is 4.79 Å². The molecular weight excluding hydrogens is 296 g/mol. The second-order valence-electron chi connectivity index (χ2n) is 5.03. The Morgan fingerprint density at radius 1 is 0.826 bits per heavy atom. The fraction of sp³-hybridized carbons (Fsp3) is 0.235. The Labute approximate surface area is 132 Å². The van der Waals surface area contributed by atoms with Crippen molar-refractivity contribution in [1.29, 1.82) is 0 Å². The molecule has 0 amide bonds. The summed E-state index contributed by atoms with van der Waals surface area (Å²) in [4.78, 5) is 12.2. The lowest BCUT2D eigenvalue weighted by molar-refractivity contribution is 0.328. The van der Waals surface area contributed by atoms with Gasteiger partial charge in [-0.05, 0) is 30.3 Å². The van der Waals surface area contributed by atoms with Gasteiger partial charge in [-0.15, -0.1) is 0 Å². The van der Waals surface area contributed by atoms with Crippen molar-refractivity contribution < 1.29 is 13.9 Å². The van der Waals surface area contributed by atoms with Crippen molar-refractivity contribution in [3.05, 3.63) is 46.8 Å². The molecular formula is C17H18N2O4. The van der Waals surface area contributed by atoms with Crippen LogP contribution in [-0.4, -0.2) is 26.3 Å². The van der Waals surface area contributed by atoms with Crippen LogP contribution in [-0.2, 0) is 0 Å². The molecule has 23 heavy (non-hydrogen) atoms. The summed E-state index contributed by atoms with van der Waals surface area (Å²) in [5, 5.41) is 2.12. The van der Waals surface area contributed by atoms with E-state index in [0.717, 1.165) is 10.8 Å².